The first-order valence-corrected chi connectivity index (χ1v) is 12.5. The molecular weight excluding hydrogens is 501 g/mol. The molecule has 1 fully saturated rings. The van der Waals surface area contributed by atoms with Gasteiger partial charge < -0.3 is 19.3 Å². The number of fused-ring (bicyclic) bond motifs is 1. The third-order valence-electron chi connectivity index (χ3n) is 5.26. The first-order valence-electron chi connectivity index (χ1n) is 10.5. The van der Waals surface area contributed by atoms with Gasteiger partial charge in [-0.15, -0.1) is 0 Å². The third kappa shape index (κ3) is 5.95. The summed E-state index contributed by atoms with van der Waals surface area (Å²) in [6, 6.07) is 16.1. The van der Waals surface area contributed by atoms with Gasteiger partial charge in [-0.25, -0.2) is 8.42 Å². The van der Waals surface area contributed by atoms with E-state index in [2.05, 4.69) is 0 Å². The average molecular weight is 524 g/mol. The van der Waals surface area contributed by atoms with E-state index in [-0.39, 0.29) is 53.3 Å². The van der Waals surface area contributed by atoms with Gasteiger partial charge in [0, 0.05) is 18.4 Å². The van der Waals surface area contributed by atoms with Crippen molar-refractivity contribution in [3.05, 3.63) is 78.3 Å². The zero-order valence-corrected chi connectivity index (χ0v) is 22.8. The Morgan fingerprint density at radius 3 is 2.43 bits per heavy atom. The quantitative estimate of drug-likeness (QED) is 0.223. The minimum absolute atomic E-state index is 0. The van der Waals surface area contributed by atoms with Gasteiger partial charge in [0.25, 0.3) is 5.91 Å². The Labute approximate surface area is 231 Å². The molecule has 2 aromatic rings. The van der Waals surface area contributed by atoms with Crippen molar-refractivity contribution >= 4 is 44.7 Å². The van der Waals surface area contributed by atoms with E-state index in [1.54, 1.807) is 47.4 Å². The summed E-state index contributed by atoms with van der Waals surface area (Å²) in [4.78, 5) is 17.7. The number of aliphatic hydroxyl groups excluding tert-OH is 1. The largest absolute Gasteiger partial charge is 1.00 e. The number of nitrogens with zero attached hydrogens (tertiary/aromatic N) is 3. The second-order valence-electron chi connectivity index (χ2n) is 7.65. The van der Waals surface area contributed by atoms with Gasteiger partial charge in [-0.1, -0.05) is 30.3 Å². The van der Waals surface area contributed by atoms with Gasteiger partial charge in [-0.2, -0.15) is 0 Å². The number of carbonyl (C=O) groups excluding carboxylic acids is 1. The van der Waals surface area contributed by atoms with E-state index in [0.717, 1.165) is 0 Å². The number of rotatable bonds is 7. The molecular formula is C23H22N3NaO6S2. The third-order valence-corrected chi connectivity index (χ3v) is 6.43. The number of anilines is 2. The van der Waals surface area contributed by atoms with E-state index in [0.29, 0.717) is 23.0 Å². The maximum absolute atomic E-state index is 13.3. The Kier molecular flexibility index (Phi) is 8.76. The van der Waals surface area contributed by atoms with Crippen LogP contribution in [-0.2, 0) is 14.9 Å². The first-order chi connectivity index (χ1) is 16.2. The maximum atomic E-state index is 13.3. The zero-order valence-electron chi connectivity index (χ0n) is 19.2. The molecule has 0 aliphatic carbocycles. The molecule has 0 radical (unpaired) electrons. The predicted octanol–water partition coefficient (Wildman–Crippen LogP) is -0.478. The minimum Gasteiger partial charge on any atom is -0.748 e. The van der Waals surface area contributed by atoms with E-state index in [4.69, 9.17) is 17.0 Å². The van der Waals surface area contributed by atoms with Crippen LogP contribution in [0.2, 0.25) is 0 Å². The van der Waals surface area contributed by atoms with Gasteiger partial charge in [0.15, 0.2) is 10.9 Å². The molecule has 2 aliphatic heterocycles. The first kappa shape index (κ1) is 27.3. The smallest absolute Gasteiger partial charge is 0.748 e. The maximum Gasteiger partial charge on any atom is 1.00 e. The summed E-state index contributed by atoms with van der Waals surface area (Å²) in [7, 11) is -4.35. The number of hydrogen-bond donors (Lipinski definition) is 1. The van der Waals surface area contributed by atoms with Crippen LogP contribution in [0.25, 0.3) is 0 Å². The fourth-order valence-electron chi connectivity index (χ4n) is 3.79. The van der Waals surface area contributed by atoms with Crippen LogP contribution < -0.4 is 44.1 Å². The molecule has 0 saturated carbocycles. The SMILES string of the molecule is CC(O)N1C(=S)N(c2ccccc2)C(=O)/C1=C\C=C1/Oc2ccccc2N1CCCS(=O)(=O)[O-].[Na+]. The van der Waals surface area contributed by atoms with E-state index >= 15 is 0 Å². The molecule has 9 nitrogen and oxygen atoms in total. The number of carbonyl (C=O) groups is 1. The molecule has 0 spiro atoms. The molecule has 35 heavy (non-hydrogen) atoms. The van der Waals surface area contributed by atoms with Crippen LogP contribution in [0.3, 0.4) is 0 Å². The fraction of sp³-hybridized carbons (Fsp3) is 0.217. The van der Waals surface area contributed by atoms with Crippen molar-refractivity contribution in [2.45, 2.75) is 19.6 Å². The molecule has 0 aromatic heterocycles. The number of aliphatic hydroxyl groups is 1. The second-order valence-corrected chi connectivity index (χ2v) is 9.54. The van der Waals surface area contributed by atoms with Crippen molar-refractivity contribution in [1.82, 2.24) is 4.90 Å². The van der Waals surface area contributed by atoms with Crippen molar-refractivity contribution in [2.24, 2.45) is 0 Å². The number of hydrogen-bond acceptors (Lipinski definition) is 8. The van der Waals surface area contributed by atoms with Gasteiger partial charge in [0.05, 0.1) is 21.5 Å². The summed E-state index contributed by atoms with van der Waals surface area (Å²) in [5.41, 5.74) is 1.43. The molecule has 2 aliphatic rings. The second kappa shape index (κ2) is 11.2. The molecule has 1 N–H and O–H groups in total. The van der Waals surface area contributed by atoms with E-state index in [1.165, 1.54) is 22.8 Å². The average Bonchev–Trinajstić information content (AvgIpc) is 3.26. The van der Waals surface area contributed by atoms with E-state index in [9.17, 15) is 22.9 Å². The monoisotopic (exact) mass is 523 g/mol. The summed E-state index contributed by atoms with van der Waals surface area (Å²) in [5.74, 6) is -0.00850. The molecule has 1 saturated heterocycles. The topological polar surface area (TPSA) is 113 Å². The predicted molar refractivity (Wildman–Crippen MR) is 130 cm³/mol. The fourth-order valence-corrected chi connectivity index (χ4v) is 4.71. The Morgan fingerprint density at radius 2 is 1.77 bits per heavy atom. The Balaban J connectivity index is 0.00000342. The van der Waals surface area contributed by atoms with Crippen molar-refractivity contribution < 1.29 is 57.2 Å². The van der Waals surface area contributed by atoms with E-state index < -0.39 is 28.0 Å². The zero-order chi connectivity index (χ0) is 24.5. The minimum atomic E-state index is -4.35. The van der Waals surface area contributed by atoms with Gasteiger partial charge in [0.1, 0.15) is 11.9 Å². The number of amides is 1. The molecule has 12 heteroatoms. The number of para-hydroxylation sites is 3. The molecule has 2 aromatic carbocycles. The van der Waals surface area contributed by atoms with Gasteiger partial charge >= 0.3 is 29.6 Å². The summed E-state index contributed by atoms with van der Waals surface area (Å²) in [6.07, 6.45) is 2.10. The molecule has 0 bridgehead atoms. The van der Waals surface area contributed by atoms with E-state index in [1.807, 2.05) is 18.2 Å². The molecule has 2 heterocycles. The molecule has 1 amide bonds. The molecule has 4 rings (SSSR count). The number of benzene rings is 2. The van der Waals surface area contributed by atoms with Crippen molar-refractivity contribution in [3.63, 3.8) is 0 Å². The van der Waals surface area contributed by atoms with Crippen LogP contribution in [0.15, 0.2) is 78.3 Å². The Hall–Kier alpha value is -2.25. The van der Waals surface area contributed by atoms with Crippen LogP contribution in [0.5, 0.6) is 5.75 Å². The van der Waals surface area contributed by atoms with Crippen LogP contribution in [-0.4, -0.2) is 52.5 Å². The van der Waals surface area contributed by atoms with Crippen LogP contribution >= 0.6 is 12.2 Å². The van der Waals surface area contributed by atoms with Crippen LogP contribution in [0, 0.1) is 0 Å². The Bertz CT molecular complexity index is 1280. The molecule has 1 atom stereocenters. The molecule has 1 unspecified atom stereocenters. The molecule has 178 valence electrons. The van der Waals surface area contributed by atoms with Crippen molar-refractivity contribution in [1.29, 1.82) is 0 Å². The number of thiocarbonyl (C=S) groups is 1. The Morgan fingerprint density at radius 1 is 1.11 bits per heavy atom. The number of allylic oxidation sites excluding steroid dienone is 2. The van der Waals surface area contributed by atoms with Crippen LogP contribution in [0.1, 0.15) is 13.3 Å². The summed E-state index contributed by atoms with van der Waals surface area (Å²) >= 11 is 5.48. The van der Waals surface area contributed by atoms with Crippen LogP contribution in [0.4, 0.5) is 11.4 Å². The summed E-state index contributed by atoms with van der Waals surface area (Å²) in [6.45, 7) is 1.72. The number of ether oxygens (including phenoxy) is 1. The van der Waals surface area contributed by atoms with Crippen molar-refractivity contribution in [2.75, 3.05) is 22.1 Å². The van der Waals surface area contributed by atoms with Gasteiger partial charge in [-0.05, 0) is 55.9 Å². The normalized spacial score (nSPS) is 18.7. The van der Waals surface area contributed by atoms with Crippen molar-refractivity contribution in [3.8, 4) is 5.75 Å². The summed E-state index contributed by atoms with van der Waals surface area (Å²) in [5, 5.41) is 10.5. The van der Waals surface area contributed by atoms with Gasteiger partial charge in [-0.3, -0.25) is 14.6 Å². The summed E-state index contributed by atoms with van der Waals surface area (Å²) < 4.78 is 39.0. The van der Waals surface area contributed by atoms with Gasteiger partial charge in [0.2, 0.25) is 5.88 Å². The standard InChI is InChI=1S/C23H23N3O6S2.Na/c1-16(27)25-19(22(28)26(23(25)33)17-8-3-2-4-9-17)12-13-21-24(14-7-15-34(29,30)31)18-10-5-6-11-20(18)32-21;/h2-6,8-13,16,27H,7,14-15H2,1H3,(H,29,30,31);/q;+1/p-1/b19-12+,21-13-;.